The average molecular weight is 176 g/mol. The molecule has 1 nitrogen and oxygen atoms in total. The van der Waals surface area contributed by atoms with Crippen molar-refractivity contribution in [2.45, 2.75) is 20.5 Å². The summed E-state index contributed by atoms with van der Waals surface area (Å²) in [5.74, 6) is 0. The van der Waals surface area contributed by atoms with Crippen LogP contribution < -0.4 is 0 Å². The summed E-state index contributed by atoms with van der Waals surface area (Å²) >= 11 is 0. The van der Waals surface area contributed by atoms with Gasteiger partial charge in [0, 0.05) is 0 Å². The van der Waals surface area contributed by atoms with Crippen LogP contribution in [0.3, 0.4) is 0 Å². The molecule has 0 aliphatic heterocycles. The molecule has 1 rings (SSSR count). The maximum absolute atomic E-state index is 5.41. The second kappa shape index (κ2) is 4.83. The molecule has 70 valence electrons. The third-order valence-corrected chi connectivity index (χ3v) is 2.13. The fraction of sp³-hybridized carbons (Fsp3) is 0.333. The van der Waals surface area contributed by atoms with E-state index in [9.17, 15) is 0 Å². The molecule has 0 radical (unpaired) electrons. The Morgan fingerprint density at radius 2 is 1.92 bits per heavy atom. The van der Waals surface area contributed by atoms with Gasteiger partial charge >= 0.3 is 0 Å². The zero-order valence-electron chi connectivity index (χ0n) is 8.34. The second-order valence-electron chi connectivity index (χ2n) is 3.17. The Labute approximate surface area is 80.0 Å². The molecule has 1 heteroatoms. The zero-order valence-corrected chi connectivity index (χ0v) is 8.34. The molecule has 0 bridgehead atoms. The van der Waals surface area contributed by atoms with E-state index in [-0.39, 0.29) is 0 Å². The molecule has 0 N–H and O–H groups in total. The minimum atomic E-state index is 0.619. The van der Waals surface area contributed by atoms with Crippen LogP contribution in [-0.4, -0.2) is 6.61 Å². The molecule has 0 saturated heterocycles. The molecule has 1 aromatic rings. The molecule has 0 saturated carbocycles. The summed E-state index contributed by atoms with van der Waals surface area (Å²) in [5.41, 5.74) is 3.89. The highest BCUT2D eigenvalue weighted by atomic mass is 16.5. The molecule has 0 unspecified atom stereocenters. The summed E-state index contributed by atoms with van der Waals surface area (Å²) in [4.78, 5) is 0. The van der Waals surface area contributed by atoms with Crippen LogP contribution in [0, 0.1) is 13.8 Å². The van der Waals surface area contributed by atoms with Crippen molar-refractivity contribution in [2.75, 3.05) is 6.61 Å². The van der Waals surface area contributed by atoms with Crippen LogP contribution in [0.5, 0.6) is 0 Å². The number of aryl methyl sites for hydroxylation is 2. The summed E-state index contributed by atoms with van der Waals surface area (Å²) in [5, 5.41) is 0. The highest BCUT2D eigenvalue weighted by molar-refractivity contribution is 5.32. The Hall–Kier alpha value is -1.08. The Morgan fingerprint density at radius 3 is 2.46 bits per heavy atom. The smallest absolute Gasteiger partial charge is 0.0726 e. The van der Waals surface area contributed by atoms with Gasteiger partial charge in [0.15, 0.2) is 0 Å². The molecule has 0 heterocycles. The van der Waals surface area contributed by atoms with Gasteiger partial charge in [-0.15, -0.1) is 6.58 Å². The SMILES string of the molecule is C=CCOCc1c(C)cccc1C. The van der Waals surface area contributed by atoms with Gasteiger partial charge in [0.2, 0.25) is 0 Å². The predicted octanol–water partition coefficient (Wildman–Crippen LogP) is 3.01. The third-order valence-electron chi connectivity index (χ3n) is 2.13. The maximum atomic E-state index is 5.41. The molecule has 13 heavy (non-hydrogen) atoms. The molecule has 0 amide bonds. The summed E-state index contributed by atoms with van der Waals surface area (Å²) in [7, 11) is 0. The van der Waals surface area contributed by atoms with Gasteiger partial charge in [-0.1, -0.05) is 24.3 Å². The van der Waals surface area contributed by atoms with Gasteiger partial charge in [0.05, 0.1) is 13.2 Å². The lowest BCUT2D eigenvalue weighted by Gasteiger charge is -2.08. The third kappa shape index (κ3) is 2.71. The van der Waals surface area contributed by atoms with Gasteiger partial charge in [0.1, 0.15) is 0 Å². The minimum Gasteiger partial charge on any atom is -0.373 e. The van der Waals surface area contributed by atoms with E-state index in [1.165, 1.54) is 16.7 Å². The summed E-state index contributed by atoms with van der Waals surface area (Å²) in [6.45, 7) is 9.14. The Balaban J connectivity index is 2.69. The molecular formula is C12H16O. The van der Waals surface area contributed by atoms with Gasteiger partial charge in [-0.2, -0.15) is 0 Å². The van der Waals surface area contributed by atoms with Crippen molar-refractivity contribution in [3.63, 3.8) is 0 Å². The van der Waals surface area contributed by atoms with Crippen molar-refractivity contribution in [2.24, 2.45) is 0 Å². The number of ether oxygens (including phenoxy) is 1. The number of rotatable bonds is 4. The summed E-state index contributed by atoms with van der Waals surface area (Å²) in [6.07, 6.45) is 1.77. The van der Waals surface area contributed by atoms with Crippen LogP contribution >= 0.6 is 0 Å². The van der Waals surface area contributed by atoms with E-state index in [2.05, 4.69) is 38.6 Å². The maximum Gasteiger partial charge on any atom is 0.0726 e. The normalized spacial score (nSPS) is 10.0. The number of hydrogen-bond donors (Lipinski definition) is 0. The first-order chi connectivity index (χ1) is 6.25. The van der Waals surface area contributed by atoms with Crippen LogP contribution in [0.25, 0.3) is 0 Å². The summed E-state index contributed by atoms with van der Waals surface area (Å²) < 4.78 is 5.41. The van der Waals surface area contributed by atoms with E-state index in [0.717, 1.165) is 0 Å². The molecular weight excluding hydrogens is 160 g/mol. The molecule has 1 aromatic carbocycles. The van der Waals surface area contributed by atoms with E-state index in [0.29, 0.717) is 13.2 Å². The first kappa shape index (κ1) is 10.0. The minimum absolute atomic E-state index is 0.619. The molecule has 0 aliphatic carbocycles. The van der Waals surface area contributed by atoms with Crippen molar-refractivity contribution < 1.29 is 4.74 Å². The fourth-order valence-electron chi connectivity index (χ4n) is 1.32. The molecule has 0 atom stereocenters. The molecule has 0 aromatic heterocycles. The monoisotopic (exact) mass is 176 g/mol. The van der Waals surface area contributed by atoms with Crippen molar-refractivity contribution in [3.05, 3.63) is 47.5 Å². The van der Waals surface area contributed by atoms with Gasteiger partial charge in [-0.25, -0.2) is 0 Å². The number of hydrogen-bond acceptors (Lipinski definition) is 1. The topological polar surface area (TPSA) is 9.23 Å². The average Bonchev–Trinajstić information content (AvgIpc) is 2.10. The Kier molecular flexibility index (Phi) is 3.71. The fourth-order valence-corrected chi connectivity index (χ4v) is 1.32. The van der Waals surface area contributed by atoms with Gasteiger partial charge in [0.25, 0.3) is 0 Å². The molecule has 0 aliphatic rings. The highest BCUT2D eigenvalue weighted by Crippen LogP contribution is 2.13. The van der Waals surface area contributed by atoms with Gasteiger partial charge in [-0.05, 0) is 30.5 Å². The lowest BCUT2D eigenvalue weighted by atomic mass is 10.0. The Bertz CT molecular complexity index is 269. The lowest BCUT2D eigenvalue weighted by Crippen LogP contribution is -1.97. The van der Waals surface area contributed by atoms with E-state index < -0.39 is 0 Å². The quantitative estimate of drug-likeness (QED) is 0.506. The highest BCUT2D eigenvalue weighted by Gasteiger charge is 2.00. The van der Waals surface area contributed by atoms with Crippen LogP contribution in [0.4, 0.5) is 0 Å². The largest absolute Gasteiger partial charge is 0.373 e. The standard InChI is InChI=1S/C12H16O/c1-4-8-13-9-12-10(2)6-5-7-11(12)3/h4-7H,1,8-9H2,2-3H3. The molecule has 0 fully saturated rings. The van der Waals surface area contributed by atoms with E-state index in [1.54, 1.807) is 6.08 Å². The van der Waals surface area contributed by atoms with Gasteiger partial charge in [-0.3, -0.25) is 0 Å². The van der Waals surface area contributed by atoms with Crippen LogP contribution in [0.15, 0.2) is 30.9 Å². The summed E-state index contributed by atoms with van der Waals surface area (Å²) in [6, 6.07) is 6.29. The van der Waals surface area contributed by atoms with E-state index in [1.807, 2.05) is 0 Å². The van der Waals surface area contributed by atoms with Crippen molar-refractivity contribution in [1.29, 1.82) is 0 Å². The van der Waals surface area contributed by atoms with Crippen LogP contribution in [-0.2, 0) is 11.3 Å². The van der Waals surface area contributed by atoms with Crippen LogP contribution in [0.2, 0.25) is 0 Å². The van der Waals surface area contributed by atoms with Crippen LogP contribution in [0.1, 0.15) is 16.7 Å². The van der Waals surface area contributed by atoms with Gasteiger partial charge < -0.3 is 4.74 Å². The zero-order chi connectivity index (χ0) is 9.68. The van der Waals surface area contributed by atoms with E-state index in [4.69, 9.17) is 4.74 Å². The lowest BCUT2D eigenvalue weighted by molar-refractivity contribution is 0.148. The van der Waals surface area contributed by atoms with Crippen molar-refractivity contribution in [1.82, 2.24) is 0 Å². The first-order valence-electron chi connectivity index (χ1n) is 4.49. The number of benzene rings is 1. The Morgan fingerprint density at radius 1 is 1.31 bits per heavy atom. The predicted molar refractivity (Wildman–Crippen MR) is 55.8 cm³/mol. The first-order valence-corrected chi connectivity index (χ1v) is 4.49. The van der Waals surface area contributed by atoms with Crippen molar-refractivity contribution >= 4 is 0 Å². The molecule has 0 spiro atoms. The van der Waals surface area contributed by atoms with Crippen molar-refractivity contribution in [3.8, 4) is 0 Å². The second-order valence-corrected chi connectivity index (χ2v) is 3.17. The van der Waals surface area contributed by atoms with E-state index >= 15 is 0 Å².